The Morgan fingerprint density at radius 3 is 2.53 bits per heavy atom. The Morgan fingerprint density at radius 2 is 1.71 bits per heavy atom. The molecule has 1 amide bonds. The minimum atomic E-state index is -0.584. The monoisotopic (exact) mass is 450 g/mol. The zero-order chi connectivity index (χ0) is 23.7. The number of ether oxygens (including phenoxy) is 1. The summed E-state index contributed by atoms with van der Waals surface area (Å²) < 4.78 is 5.26. The van der Waals surface area contributed by atoms with E-state index >= 15 is 0 Å². The van der Waals surface area contributed by atoms with Crippen molar-refractivity contribution in [1.29, 1.82) is 0 Å². The number of amides is 1. The minimum absolute atomic E-state index is 0.338. The van der Waals surface area contributed by atoms with Gasteiger partial charge in [0.1, 0.15) is 5.82 Å². The summed E-state index contributed by atoms with van der Waals surface area (Å²) in [6.07, 6.45) is 0. The van der Waals surface area contributed by atoms with Crippen LogP contribution in [0.15, 0.2) is 72.8 Å². The summed E-state index contributed by atoms with van der Waals surface area (Å²) in [7, 11) is 0. The number of nitrogens with zero attached hydrogens (tertiary/aromatic N) is 2. The number of rotatable bonds is 5. The number of hydrogen-bond acceptors (Lipinski definition) is 5. The molecule has 7 nitrogen and oxygen atoms in total. The number of pyridine rings is 1. The van der Waals surface area contributed by atoms with Crippen LogP contribution >= 0.6 is 0 Å². The van der Waals surface area contributed by atoms with Gasteiger partial charge in [-0.1, -0.05) is 48.0 Å². The fraction of sp³-hybridized carbons (Fsp3) is 0.111. The molecule has 0 spiro atoms. The molecule has 0 fully saturated rings. The van der Waals surface area contributed by atoms with Gasteiger partial charge >= 0.3 is 5.97 Å². The van der Waals surface area contributed by atoms with Crippen molar-refractivity contribution in [2.75, 3.05) is 11.9 Å². The van der Waals surface area contributed by atoms with Gasteiger partial charge in [0.2, 0.25) is 0 Å². The summed E-state index contributed by atoms with van der Waals surface area (Å²) in [6.45, 7) is 3.49. The molecule has 34 heavy (non-hydrogen) atoms. The number of H-pyrrole nitrogens is 1. The number of nitrogens with one attached hydrogen (secondary N) is 2. The lowest BCUT2D eigenvalue weighted by Gasteiger charge is -2.10. The number of hydrogen-bond donors (Lipinski definition) is 2. The SMILES string of the molecule is Cc1ccc(-c2nc3ccc(C(=O)OCC(=O)Nc4cc(C)nc5ccccc45)cc3[nH]2)cc1. The molecule has 3 aromatic carbocycles. The second-order valence-corrected chi connectivity index (χ2v) is 8.14. The number of carbonyl (C=O) groups excluding carboxylic acids is 2. The maximum atomic E-state index is 12.6. The summed E-state index contributed by atoms with van der Waals surface area (Å²) in [5, 5.41) is 3.64. The molecule has 2 heterocycles. The molecule has 0 saturated heterocycles. The van der Waals surface area contributed by atoms with Crippen LogP contribution in [0.2, 0.25) is 0 Å². The molecular weight excluding hydrogens is 428 g/mol. The minimum Gasteiger partial charge on any atom is -0.452 e. The van der Waals surface area contributed by atoms with Crippen molar-refractivity contribution in [3.05, 3.63) is 89.6 Å². The molecule has 0 unspecified atom stereocenters. The Labute approximate surface area is 195 Å². The van der Waals surface area contributed by atoms with Gasteiger partial charge in [0.15, 0.2) is 6.61 Å². The molecule has 0 saturated carbocycles. The lowest BCUT2D eigenvalue weighted by molar-refractivity contribution is -0.119. The predicted octanol–water partition coefficient (Wildman–Crippen LogP) is 5.19. The van der Waals surface area contributed by atoms with Crippen molar-refractivity contribution >= 4 is 39.5 Å². The highest BCUT2D eigenvalue weighted by Crippen LogP contribution is 2.24. The topological polar surface area (TPSA) is 97.0 Å². The van der Waals surface area contributed by atoms with E-state index in [9.17, 15) is 9.59 Å². The third-order valence-electron chi connectivity index (χ3n) is 5.50. The first-order valence-electron chi connectivity index (χ1n) is 10.9. The fourth-order valence-electron chi connectivity index (χ4n) is 3.80. The van der Waals surface area contributed by atoms with E-state index in [0.717, 1.165) is 33.5 Å². The molecule has 0 aliphatic rings. The maximum absolute atomic E-state index is 12.6. The highest BCUT2D eigenvalue weighted by Gasteiger charge is 2.14. The Balaban J connectivity index is 1.27. The van der Waals surface area contributed by atoms with Gasteiger partial charge in [0.25, 0.3) is 5.91 Å². The van der Waals surface area contributed by atoms with Crippen LogP contribution in [0, 0.1) is 13.8 Å². The number of carbonyl (C=O) groups is 2. The van der Waals surface area contributed by atoms with Crippen LogP contribution in [0.25, 0.3) is 33.3 Å². The van der Waals surface area contributed by atoms with Crippen LogP contribution in [0.1, 0.15) is 21.6 Å². The van der Waals surface area contributed by atoms with Crippen molar-refractivity contribution in [3.8, 4) is 11.4 Å². The summed E-state index contributed by atoms with van der Waals surface area (Å²) in [4.78, 5) is 37.3. The van der Waals surface area contributed by atoms with Crippen LogP contribution in [0.4, 0.5) is 5.69 Å². The first-order chi connectivity index (χ1) is 16.5. The molecule has 5 rings (SSSR count). The highest BCUT2D eigenvalue weighted by molar-refractivity contribution is 6.02. The normalized spacial score (nSPS) is 11.0. The van der Waals surface area contributed by atoms with E-state index in [2.05, 4.69) is 20.3 Å². The fourth-order valence-corrected chi connectivity index (χ4v) is 3.80. The van der Waals surface area contributed by atoms with Crippen molar-refractivity contribution < 1.29 is 14.3 Å². The first-order valence-corrected chi connectivity index (χ1v) is 10.9. The van der Waals surface area contributed by atoms with E-state index in [-0.39, 0.29) is 0 Å². The number of imidazole rings is 1. The van der Waals surface area contributed by atoms with Crippen molar-refractivity contribution in [3.63, 3.8) is 0 Å². The van der Waals surface area contributed by atoms with Gasteiger partial charge in [-0.15, -0.1) is 0 Å². The van der Waals surface area contributed by atoms with Gasteiger partial charge in [-0.25, -0.2) is 9.78 Å². The van der Waals surface area contributed by atoms with Crippen molar-refractivity contribution in [2.45, 2.75) is 13.8 Å². The lowest BCUT2D eigenvalue weighted by atomic mass is 10.1. The zero-order valence-electron chi connectivity index (χ0n) is 18.8. The van der Waals surface area contributed by atoms with Crippen LogP contribution < -0.4 is 5.32 Å². The van der Waals surface area contributed by atoms with Gasteiger partial charge < -0.3 is 15.0 Å². The molecular formula is C27H22N4O3. The van der Waals surface area contributed by atoms with Gasteiger partial charge in [-0.3, -0.25) is 9.78 Å². The van der Waals surface area contributed by atoms with E-state index in [1.165, 1.54) is 5.56 Å². The van der Waals surface area contributed by atoms with Crippen LogP contribution in [-0.4, -0.2) is 33.4 Å². The largest absolute Gasteiger partial charge is 0.452 e. The van der Waals surface area contributed by atoms with Crippen LogP contribution in [0.5, 0.6) is 0 Å². The maximum Gasteiger partial charge on any atom is 0.338 e. The predicted molar refractivity (Wildman–Crippen MR) is 132 cm³/mol. The van der Waals surface area contributed by atoms with Crippen LogP contribution in [-0.2, 0) is 9.53 Å². The number of benzene rings is 3. The van der Waals surface area contributed by atoms with Gasteiger partial charge in [-0.2, -0.15) is 0 Å². The van der Waals surface area contributed by atoms with Gasteiger partial charge in [0.05, 0.1) is 27.8 Å². The molecule has 7 heteroatoms. The Hall–Kier alpha value is -4.52. The molecule has 0 radical (unpaired) electrons. The third-order valence-corrected chi connectivity index (χ3v) is 5.50. The molecule has 5 aromatic rings. The first kappa shape index (κ1) is 21.3. The zero-order valence-corrected chi connectivity index (χ0v) is 18.8. The number of esters is 1. The second-order valence-electron chi connectivity index (χ2n) is 8.14. The number of aromatic amines is 1. The molecule has 0 atom stereocenters. The summed E-state index contributed by atoms with van der Waals surface area (Å²) in [6, 6.07) is 22.4. The quantitative estimate of drug-likeness (QED) is 0.359. The third kappa shape index (κ3) is 4.36. The molecule has 0 bridgehead atoms. The summed E-state index contributed by atoms with van der Waals surface area (Å²) in [5.74, 6) is -0.285. The number of aromatic nitrogens is 3. The van der Waals surface area contributed by atoms with E-state index in [4.69, 9.17) is 4.74 Å². The molecule has 168 valence electrons. The molecule has 0 aliphatic heterocycles. The smallest absolute Gasteiger partial charge is 0.338 e. The summed E-state index contributed by atoms with van der Waals surface area (Å²) in [5.41, 5.74) is 6.12. The molecule has 2 N–H and O–H groups in total. The number of anilines is 1. The lowest BCUT2D eigenvalue weighted by Crippen LogP contribution is -2.21. The van der Waals surface area contributed by atoms with Gasteiger partial charge in [0, 0.05) is 16.6 Å². The molecule has 0 aliphatic carbocycles. The van der Waals surface area contributed by atoms with E-state index in [1.807, 2.05) is 62.4 Å². The molecule has 2 aromatic heterocycles. The summed E-state index contributed by atoms with van der Waals surface area (Å²) >= 11 is 0. The standard InChI is InChI=1S/C27H22N4O3/c1-16-7-9-18(10-8-16)26-30-22-12-11-19(14-24(22)31-26)27(33)34-15-25(32)29-23-13-17(2)28-21-6-4-3-5-20(21)23/h3-14H,15H2,1-2H3,(H,30,31)(H,28,29,32). The number of aryl methyl sites for hydroxylation is 2. The van der Waals surface area contributed by atoms with Gasteiger partial charge in [-0.05, 0) is 44.2 Å². The Morgan fingerprint density at radius 1 is 0.912 bits per heavy atom. The average Bonchev–Trinajstić information content (AvgIpc) is 3.26. The Kier molecular flexibility index (Phi) is 5.51. The van der Waals surface area contributed by atoms with Crippen LogP contribution in [0.3, 0.4) is 0 Å². The van der Waals surface area contributed by atoms with E-state index < -0.39 is 18.5 Å². The second kappa shape index (κ2) is 8.78. The number of fused-ring (bicyclic) bond motifs is 2. The highest BCUT2D eigenvalue weighted by atomic mass is 16.5. The van der Waals surface area contributed by atoms with Crippen molar-refractivity contribution in [1.82, 2.24) is 15.0 Å². The van der Waals surface area contributed by atoms with Crippen molar-refractivity contribution in [2.24, 2.45) is 0 Å². The van der Waals surface area contributed by atoms with E-state index in [0.29, 0.717) is 16.8 Å². The van der Waals surface area contributed by atoms with E-state index in [1.54, 1.807) is 24.3 Å². The Bertz CT molecular complexity index is 1540. The average molecular weight is 450 g/mol. The number of para-hydroxylation sites is 1.